The van der Waals surface area contributed by atoms with Crippen LogP contribution >= 0.6 is 15.8 Å². The van der Waals surface area contributed by atoms with Gasteiger partial charge in [0.25, 0.3) is 0 Å². The summed E-state index contributed by atoms with van der Waals surface area (Å²) in [5, 5.41) is 4.48. The van der Waals surface area contributed by atoms with Gasteiger partial charge in [0.1, 0.15) is 0 Å². The number of hydrogen-bond acceptors (Lipinski definition) is 0. The Kier molecular flexibility index (Phi) is 5.01. The predicted octanol–water partition coefficient (Wildman–Crippen LogP) is 5.52. The van der Waals surface area contributed by atoms with Crippen LogP contribution < -0.4 is 10.6 Å². The highest BCUT2D eigenvalue weighted by molar-refractivity contribution is 7.84. The highest BCUT2D eigenvalue weighted by atomic mass is 31.2. The van der Waals surface area contributed by atoms with E-state index in [0.717, 1.165) is 5.40 Å². The van der Waals surface area contributed by atoms with Gasteiger partial charge in [0.2, 0.25) is 0 Å². The third-order valence-corrected chi connectivity index (χ3v) is 12.0. The van der Waals surface area contributed by atoms with Crippen molar-refractivity contribution in [1.82, 2.24) is 0 Å². The highest BCUT2D eigenvalue weighted by Crippen LogP contribution is 2.68. The average Bonchev–Trinajstić information content (AvgIpc) is 2.99. The second-order valence-electron chi connectivity index (χ2n) is 7.03. The molecule has 1 fully saturated rings. The van der Waals surface area contributed by atoms with Crippen molar-refractivity contribution >= 4 is 26.5 Å². The van der Waals surface area contributed by atoms with Gasteiger partial charge in [-0.2, -0.15) is 0 Å². The molecule has 2 aromatic carbocycles. The first kappa shape index (κ1) is 16.2. The van der Waals surface area contributed by atoms with Crippen LogP contribution in [0.25, 0.3) is 0 Å². The summed E-state index contributed by atoms with van der Waals surface area (Å²) in [6, 6.07) is 22.5. The van der Waals surface area contributed by atoms with Crippen LogP contribution in [0.2, 0.25) is 0 Å². The number of benzene rings is 2. The third-order valence-electron chi connectivity index (χ3n) is 4.45. The van der Waals surface area contributed by atoms with E-state index in [-0.39, 0.29) is 15.8 Å². The molecule has 0 bridgehead atoms. The Morgan fingerprint density at radius 1 is 0.864 bits per heavy atom. The molecule has 0 aromatic heterocycles. The molecular formula is C20H26P2. The molecule has 0 N–H and O–H groups in total. The van der Waals surface area contributed by atoms with Crippen molar-refractivity contribution in [2.24, 2.45) is 0 Å². The van der Waals surface area contributed by atoms with Gasteiger partial charge in [0, 0.05) is 5.40 Å². The third kappa shape index (κ3) is 3.45. The van der Waals surface area contributed by atoms with Crippen LogP contribution in [-0.4, -0.2) is 16.7 Å². The normalized spacial score (nSPS) is 22.2. The van der Waals surface area contributed by atoms with Crippen molar-refractivity contribution in [2.45, 2.75) is 44.2 Å². The predicted molar refractivity (Wildman–Crippen MR) is 104 cm³/mol. The maximum atomic E-state index is 2.46. The van der Waals surface area contributed by atoms with Gasteiger partial charge in [0.15, 0.2) is 0 Å². The van der Waals surface area contributed by atoms with Crippen LogP contribution in [0.3, 0.4) is 0 Å². The van der Waals surface area contributed by atoms with Crippen LogP contribution in [0.4, 0.5) is 0 Å². The Morgan fingerprint density at radius 3 is 1.82 bits per heavy atom. The van der Waals surface area contributed by atoms with E-state index in [1.165, 1.54) is 19.0 Å². The molecule has 0 spiro atoms. The summed E-state index contributed by atoms with van der Waals surface area (Å²) in [7, 11) is -0.134. The summed E-state index contributed by atoms with van der Waals surface area (Å²) in [6.07, 6.45) is 4.30. The van der Waals surface area contributed by atoms with E-state index in [1.54, 1.807) is 10.6 Å². The molecule has 2 atom stereocenters. The number of hydrogen-bond donors (Lipinski definition) is 0. The Labute approximate surface area is 137 Å². The van der Waals surface area contributed by atoms with Crippen molar-refractivity contribution in [3.8, 4) is 0 Å². The van der Waals surface area contributed by atoms with E-state index < -0.39 is 0 Å². The fourth-order valence-corrected chi connectivity index (χ4v) is 12.1. The first-order chi connectivity index (χ1) is 10.6. The van der Waals surface area contributed by atoms with E-state index in [0.29, 0.717) is 5.16 Å². The molecule has 0 amide bonds. The van der Waals surface area contributed by atoms with Crippen molar-refractivity contribution in [2.75, 3.05) is 6.16 Å². The first-order valence-corrected chi connectivity index (χ1v) is 11.2. The lowest BCUT2D eigenvalue weighted by Gasteiger charge is -2.38. The monoisotopic (exact) mass is 328 g/mol. The molecule has 2 aromatic rings. The van der Waals surface area contributed by atoms with Crippen LogP contribution in [-0.2, 0) is 0 Å². The molecular weight excluding hydrogens is 302 g/mol. The highest BCUT2D eigenvalue weighted by Gasteiger charge is 2.40. The zero-order valence-corrected chi connectivity index (χ0v) is 15.7. The fraction of sp³-hybridized carbons (Fsp3) is 0.400. The summed E-state index contributed by atoms with van der Waals surface area (Å²) in [4.78, 5) is 0. The fourth-order valence-electron chi connectivity index (χ4n) is 3.47. The van der Waals surface area contributed by atoms with E-state index in [4.69, 9.17) is 0 Å². The maximum Gasteiger partial charge on any atom is 0.00792 e. The quantitative estimate of drug-likeness (QED) is 0.651. The largest absolute Gasteiger partial charge is 0.0929 e. The van der Waals surface area contributed by atoms with E-state index in [2.05, 4.69) is 81.4 Å². The summed E-state index contributed by atoms with van der Waals surface area (Å²) in [5.41, 5.74) is 0. The maximum absolute atomic E-state index is 2.46. The molecule has 22 heavy (non-hydrogen) atoms. The lowest BCUT2D eigenvalue weighted by molar-refractivity contribution is 0.782. The van der Waals surface area contributed by atoms with Gasteiger partial charge < -0.3 is 0 Å². The number of rotatable bonds is 3. The second kappa shape index (κ2) is 6.82. The molecule has 0 unspecified atom stereocenters. The summed E-state index contributed by atoms with van der Waals surface area (Å²) < 4.78 is 0. The smallest absolute Gasteiger partial charge is 0.00792 e. The Bertz CT molecular complexity index is 547. The SMILES string of the molecule is CC(C)(C)[P@]1CCC[C@@H]1P(c1ccccc1)c1ccccc1. The van der Waals surface area contributed by atoms with Gasteiger partial charge in [-0.3, -0.25) is 0 Å². The standard InChI is InChI=1S/C20H26P2/c1-20(2,3)21-16-10-15-19(21)22(17-11-6-4-7-12-17)18-13-8-5-9-14-18/h4-9,11-14,19H,10,15-16H2,1-3H3/t19-,21+/m0/s1. The molecule has 1 aliphatic heterocycles. The van der Waals surface area contributed by atoms with E-state index >= 15 is 0 Å². The van der Waals surface area contributed by atoms with Crippen molar-refractivity contribution in [1.29, 1.82) is 0 Å². The molecule has 3 rings (SSSR count). The first-order valence-electron chi connectivity index (χ1n) is 8.23. The van der Waals surface area contributed by atoms with Crippen molar-refractivity contribution in [3.05, 3.63) is 60.7 Å². The molecule has 1 saturated heterocycles. The van der Waals surface area contributed by atoms with Crippen molar-refractivity contribution < 1.29 is 0 Å². The molecule has 0 radical (unpaired) electrons. The lowest BCUT2D eigenvalue weighted by atomic mass is 10.3. The summed E-state index contributed by atoms with van der Waals surface area (Å²) >= 11 is 0. The Hall–Kier alpha value is -0.700. The second-order valence-corrected chi connectivity index (χ2v) is 13.2. The van der Waals surface area contributed by atoms with Gasteiger partial charge in [0.05, 0.1) is 0 Å². The van der Waals surface area contributed by atoms with Gasteiger partial charge in [-0.25, -0.2) is 0 Å². The van der Waals surface area contributed by atoms with Crippen LogP contribution in [0.15, 0.2) is 60.7 Å². The molecule has 0 nitrogen and oxygen atoms in total. The topological polar surface area (TPSA) is 0 Å². The van der Waals surface area contributed by atoms with Gasteiger partial charge in [-0.15, -0.1) is 0 Å². The van der Waals surface area contributed by atoms with Crippen LogP contribution in [0.1, 0.15) is 33.6 Å². The Balaban J connectivity index is 2.03. The molecule has 0 aliphatic carbocycles. The minimum absolute atomic E-state index is 0.0926. The summed E-state index contributed by atoms with van der Waals surface area (Å²) in [6.45, 7) is 7.38. The average molecular weight is 328 g/mol. The molecule has 1 heterocycles. The minimum Gasteiger partial charge on any atom is -0.0929 e. The lowest BCUT2D eigenvalue weighted by Crippen LogP contribution is -2.24. The van der Waals surface area contributed by atoms with Gasteiger partial charge >= 0.3 is 0 Å². The molecule has 116 valence electrons. The Morgan fingerprint density at radius 2 is 1.36 bits per heavy atom. The molecule has 0 saturated carbocycles. The minimum atomic E-state index is -0.227. The van der Waals surface area contributed by atoms with Gasteiger partial charge in [-0.05, 0) is 42.7 Å². The van der Waals surface area contributed by atoms with Crippen LogP contribution in [0.5, 0.6) is 0 Å². The summed E-state index contributed by atoms with van der Waals surface area (Å²) in [5.74, 6) is 0. The van der Waals surface area contributed by atoms with Gasteiger partial charge in [-0.1, -0.05) is 89.4 Å². The van der Waals surface area contributed by atoms with Crippen LogP contribution in [0, 0.1) is 0 Å². The molecule has 1 aliphatic rings. The van der Waals surface area contributed by atoms with Crippen molar-refractivity contribution in [3.63, 3.8) is 0 Å². The molecule has 2 heteroatoms. The zero-order chi connectivity index (χ0) is 15.6. The van der Waals surface area contributed by atoms with E-state index in [9.17, 15) is 0 Å². The zero-order valence-electron chi connectivity index (χ0n) is 13.9. The van der Waals surface area contributed by atoms with E-state index in [1.807, 2.05) is 0 Å².